The molecule has 2 amide bonds. The maximum Gasteiger partial charge on any atom is 0.387 e. The largest absolute Gasteiger partial charge is 0.435 e. The number of nitrogens with zero attached hydrogens (tertiary/aromatic N) is 2. The zero-order valence-corrected chi connectivity index (χ0v) is 14.2. The lowest BCUT2D eigenvalue weighted by Crippen LogP contribution is -2.37. The maximum atomic E-state index is 12.7. The molecule has 0 radical (unpaired) electrons. The maximum absolute atomic E-state index is 12.7. The van der Waals surface area contributed by atoms with Crippen molar-refractivity contribution in [1.82, 2.24) is 9.88 Å². The van der Waals surface area contributed by atoms with E-state index in [9.17, 15) is 13.6 Å². The zero-order chi connectivity index (χ0) is 18.2. The van der Waals surface area contributed by atoms with Gasteiger partial charge in [0, 0.05) is 30.7 Å². The van der Waals surface area contributed by atoms with Crippen LogP contribution in [0.15, 0.2) is 48.8 Å². The number of hydrogen-bond donors (Lipinski definition) is 1. The number of pyridine rings is 1. The van der Waals surface area contributed by atoms with Gasteiger partial charge in [-0.2, -0.15) is 8.78 Å². The monoisotopic (exact) mass is 349 g/mol. The molecule has 25 heavy (non-hydrogen) atoms. The predicted octanol–water partition coefficient (Wildman–Crippen LogP) is 4.69. The molecule has 1 aromatic carbocycles. The normalized spacial score (nSPS) is 11.9. The average molecular weight is 349 g/mol. The Morgan fingerprint density at radius 2 is 1.96 bits per heavy atom. The van der Waals surface area contributed by atoms with E-state index in [0.717, 1.165) is 12.0 Å². The number of carbonyl (C=O) groups excluding carboxylic acids is 1. The Morgan fingerprint density at radius 3 is 2.56 bits per heavy atom. The van der Waals surface area contributed by atoms with Gasteiger partial charge in [0.25, 0.3) is 0 Å². The van der Waals surface area contributed by atoms with Crippen LogP contribution in [0.1, 0.15) is 31.9 Å². The summed E-state index contributed by atoms with van der Waals surface area (Å²) < 4.78 is 29.0. The Morgan fingerprint density at radius 1 is 1.24 bits per heavy atom. The van der Waals surface area contributed by atoms with Crippen molar-refractivity contribution < 1.29 is 18.3 Å². The van der Waals surface area contributed by atoms with E-state index < -0.39 is 6.61 Å². The summed E-state index contributed by atoms with van der Waals surface area (Å²) >= 11 is 0. The summed E-state index contributed by atoms with van der Waals surface area (Å²) in [6.07, 6.45) is 4.11. The summed E-state index contributed by atoms with van der Waals surface area (Å²) in [5, 5.41) is 2.74. The first-order valence-electron chi connectivity index (χ1n) is 8.07. The van der Waals surface area contributed by atoms with Crippen molar-refractivity contribution in [3.05, 3.63) is 54.4 Å². The minimum Gasteiger partial charge on any atom is -0.435 e. The highest BCUT2D eigenvalue weighted by Gasteiger charge is 2.22. The fraction of sp³-hybridized carbons (Fsp3) is 0.333. The summed E-state index contributed by atoms with van der Waals surface area (Å²) in [7, 11) is 0. The SMILES string of the molecule is CC[C@@H](c1ccncc1)N(CC)C(=O)Nc1cccc(OC(F)F)c1. The molecule has 1 atom stereocenters. The van der Waals surface area contributed by atoms with Gasteiger partial charge in [-0.05, 0) is 43.2 Å². The molecule has 7 heteroatoms. The number of carbonyl (C=O) groups is 1. The van der Waals surface area contributed by atoms with Crippen molar-refractivity contribution in [2.75, 3.05) is 11.9 Å². The lowest BCUT2D eigenvalue weighted by atomic mass is 10.0. The van der Waals surface area contributed by atoms with Gasteiger partial charge in [0.15, 0.2) is 0 Å². The van der Waals surface area contributed by atoms with Crippen LogP contribution in [0.5, 0.6) is 5.75 Å². The number of anilines is 1. The highest BCUT2D eigenvalue weighted by molar-refractivity contribution is 5.89. The summed E-state index contributed by atoms with van der Waals surface area (Å²) in [6.45, 7) is 1.48. The van der Waals surface area contributed by atoms with Crippen molar-refractivity contribution >= 4 is 11.7 Å². The van der Waals surface area contributed by atoms with Crippen LogP contribution in [-0.4, -0.2) is 29.1 Å². The Hall–Kier alpha value is -2.70. The number of benzene rings is 1. The molecule has 0 fully saturated rings. The van der Waals surface area contributed by atoms with Gasteiger partial charge in [0.2, 0.25) is 0 Å². The third kappa shape index (κ3) is 5.14. The molecule has 0 bridgehead atoms. The lowest BCUT2D eigenvalue weighted by Gasteiger charge is -2.30. The molecule has 5 nitrogen and oxygen atoms in total. The Kier molecular flexibility index (Phi) is 6.68. The molecule has 0 unspecified atom stereocenters. The zero-order valence-electron chi connectivity index (χ0n) is 14.2. The summed E-state index contributed by atoms with van der Waals surface area (Å²) in [5.74, 6) is -0.00276. The molecule has 0 saturated carbocycles. The minimum absolute atomic E-state index is 0.00276. The van der Waals surface area contributed by atoms with Crippen molar-refractivity contribution in [2.24, 2.45) is 0 Å². The Balaban J connectivity index is 2.14. The topological polar surface area (TPSA) is 54.5 Å². The first kappa shape index (κ1) is 18.6. The Labute approximate surface area is 145 Å². The van der Waals surface area contributed by atoms with E-state index in [0.29, 0.717) is 12.2 Å². The molecule has 0 saturated heterocycles. The molecule has 1 aromatic heterocycles. The number of nitrogens with one attached hydrogen (secondary N) is 1. The van der Waals surface area contributed by atoms with Gasteiger partial charge < -0.3 is 15.0 Å². The van der Waals surface area contributed by atoms with Crippen LogP contribution in [-0.2, 0) is 0 Å². The van der Waals surface area contributed by atoms with E-state index in [1.165, 1.54) is 12.1 Å². The van der Waals surface area contributed by atoms with Gasteiger partial charge in [-0.15, -0.1) is 0 Å². The first-order valence-corrected chi connectivity index (χ1v) is 8.07. The minimum atomic E-state index is -2.91. The van der Waals surface area contributed by atoms with Crippen LogP contribution in [0.25, 0.3) is 0 Å². The van der Waals surface area contributed by atoms with Crippen LogP contribution in [0.4, 0.5) is 19.3 Å². The average Bonchev–Trinajstić information content (AvgIpc) is 2.59. The number of amides is 2. The van der Waals surface area contributed by atoms with E-state index in [2.05, 4.69) is 15.0 Å². The number of rotatable bonds is 7. The van der Waals surface area contributed by atoms with E-state index in [1.807, 2.05) is 26.0 Å². The van der Waals surface area contributed by atoms with Crippen LogP contribution in [0.3, 0.4) is 0 Å². The molecule has 134 valence electrons. The predicted molar refractivity (Wildman–Crippen MR) is 91.7 cm³/mol. The van der Waals surface area contributed by atoms with Crippen LogP contribution in [0.2, 0.25) is 0 Å². The van der Waals surface area contributed by atoms with Gasteiger partial charge >= 0.3 is 12.6 Å². The fourth-order valence-electron chi connectivity index (χ4n) is 2.67. The van der Waals surface area contributed by atoms with Crippen molar-refractivity contribution in [1.29, 1.82) is 0 Å². The second-order valence-electron chi connectivity index (χ2n) is 5.33. The second kappa shape index (κ2) is 8.96. The summed E-state index contributed by atoms with van der Waals surface area (Å²) in [4.78, 5) is 18.4. The van der Waals surface area contributed by atoms with E-state index in [-0.39, 0.29) is 17.8 Å². The van der Waals surface area contributed by atoms with Gasteiger partial charge in [-0.3, -0.25) is 4.98 Å². The quantitative estimate of drug-likeness (QED) is 0.789. The standard InChI is InChI=1S/C18H21F2N3O2/c1-3-16(13-8-10-21-11-9-13)23(4-2)18(24)22-14-6-5-7-15(12-14)25-17(19)20/h5-12,16-17H,3-4H2,1-2H3,(H,22,24)/t16-/m0/s1. The first-order chi connectivity index (χ1) is 12.0. The number of aromatic nitrogens is 1. The van der Waals surface area contributed by atoms with E-state index >= 15 is 0 Å². The number of ether oxygens (including phenoxy) is 1. The molecule has 1 N–H and O–H groups in total. The molecule has 0 spiro atoms. The fourth-order valence-corrected chi connectivity index (χ4v) is 2.67. The lowest BCUT2D eigenvalue weighted by molar-refractivity contribution is -0.0497. The van der Waals surface area contributed by atoms with Gasteiger partial charge in [-0.25, -0.2) is 4.79 Å². The van der Waals surface area contributed by atoms with E-state index in [1.54, 1.807) is 29.4 Å². The number of hydrogen-bond acceptors (Lipinski definition) is 3. The van der Waals surface area contributed by atoms with Gasteiger partial charge in [-0.1, -0.05) is 13.0 Å². The van der Waals surface area contributed by atoms with Crippen LogP contribution >= 0.6 is 0 Å². The van der Waals surface area contributed by atoms with Gasteiger partial charge in [0.05, 0.1) is 6.04 Å². The number of halogens is 2. The molecule has 0 aliphatic heterocycles. The molecule has 0 aliphatic rings. The Bertz CT molecular complexity index is 683. The highest BCUT2D eigenvalue weighted by Crippen LogP contribution is 2.25. The van der Waals surface area contributed by atoms with Gasteiger partial charge in [0.1, 0.15) is 5.75 Å². The van der Waals surface area contributed by atoms with Crippen molar-refractivity contribution in [2.45, 2.75) is 32.9 Å². The molecular formula is C18H21F2N3O2. The van der Waals surface area contributed by atoms with Crippen LogP contribution < -0.4 is 10.1 Å². The summed E-state index contributed by atoms with van der Waals surface area (Å²) in [6, 6.07) is 9.29. The molecular weight excluding hydrogens is 328 g/mol. The van der Waals surface area contributed by atoms with Crippen molar-refractivity contribution in [3.63, 3.8) is 0 Å². The summed E-state index contributed by atoms with van der Waals surface area (Å²) in [5.41, 5.74) is 1.38. The molecule has 1 heterocycles. The molecule has 0 aliphatic carbocycles. The molecule has 2 aromatic rings. The van der Waals surface area contributed by atoms with E-state index in [4.69, 9.17) is 0 Å². The third-order valence-electron chi connectivity index (χ3n) is 3.77. The second-order valence-corrected chi connectivity index (χ2v) is 5.33. The number of alkyl halides is 2. The van der Waals surface area contributed by atoms with Crippen LogP contribution in [0, 0.1) is 0 Å². The number of urea groups is 1. The smallest absolute Gasteiger partial charge is 0.387 e. The third-order valence-corrected chi connectivity index (χ3v) is 3.77. The highest BCUT2D eigenvalue weighted by atomic mass is 19.3. The van der Waals surface area contributed by atoms with Crippen molar-refractivity contribution in [3.8, 4) is 5.75 Å². The molecule has 2 rings (SSSR count).